The van der Waals surface area contributed by atoms with Crippen LogP contribution < -0.4 is 5.73 Å². The van der Waals surface area contributed by atoms with Crippen LogP contribution in [-0.2, 0) is 0 Å². The fraction of sp³-hybridized carbons (Fsp3) is 1.00. The van der Waals surface area contributed by atoms with Crippen molar-refractivity contribution < 1.29 is 0 Å². The van der Waals surface area contributed by atoms with Gasteiger partial charge in [-0.05, 0) is 50.0 Å². The van der Waals surface area contributed by atoms with E-state index >= 15 is 0 Å². The SMILES string of the molecule is CCC1(CC)CCN(C(CN)C2CC2)C1. The van der Waals surface area contributed by atoms with Crippen molar-refractivity contribution in [2.75, 3.05) is 19.6 Å². The Morgan fingerprint density at radius 1 is 1.33 bits per heavy atom. The summed E-state index contributed by atoms with van der Waals surface area (Å²) in [6.07, 6.45) is 6.90. The minimum absolute atomic E-state index is 0.613. The molecule has 1 heterocycles. The van der Waals surface area contributed by atoms with E-state index in [2.05, 4.69) is 18.7 Å². The molecule has 0 aromatic heterocycles. The first kappa shape index (κ1) is 11.4. The third kappa shape index (κ3) is 2.21. The summed E-state index contributed by atoms with van der Waals surface area (Å²) in [4.78, 5) is 2.69. The van der Waals surface area contributed by atoms with Crippen LogP contribution >= 0.6 is 0 Å². The topological polar surface area (TPSA) is 29.3 Å². The Labute approximate surface area is 94.2 Å². The molecule has 1 saturated carbocycles. The lowest BCUT2D eigenvalue weighted by Crippen LogP contribution is -2.41. The molecular weight excluding hydrogens is 184 g/mol. The smallest absolute Gasteiger partial charge is 0.0246 e. The second kappa shape index (κ2) is 4.42. The fourth-order valence-electron chi connectivity index (χ4n) is 3.20. The summed E-state index contributed by atoms with van der Waals surface area (Å²) in [5.41, 5.74) is 6.54. The van der Waals surface area contributed by atoms with E-state index in [-0.39, 0.29) is 0 Å². The van der Waals surface area contributed by atoms with Gasteiger partial charge in [-0.3, -0.25) is 4.90 Å². The van der Waals surface area contributed by atoms with Crippen molar-refractivity contribution in [3.63, 3.8) is 0 Å². The van der Waals surface area contributed by atoms with Crippen molar-refractivity contribution in [3.8, 4) is 0 Å². The van der Waals surface area contributed by atoms with Crippen LogP contribution in [0.1, 0.15) is 46.0 Å². The van der Waals surface area contributed by atoms with Crippen LogP contribution in [-0.4, -0.2) is 30.6 Å². The Morgan fingerprint density at radius 2 is 2.00 bits per heavy atom. The molecule has 0 aromatic carbocycles. The van der Waals surface area contributed by atoms with Crippen molar-refractivity contribution in [3.05, 3.63) is 0 Å². The summed E-state index contributed by atoms with van der Waals surface area (Å²) < 4.78 is 0. The highest BCUT2D eigenvalue weighted by Crippen LogP contribution is 2.42. The average molecular weight is 210 g/mol. The van der Waals surface area contributed by atoms with Gasteiger partial charge in [0.25, 0.3) is 0 Å². The largest absolute Gasteiger partial charge is 0.329 e. The van der Waals surface area contributed by atoms with Gasteiger partial charge in [0.2, 0.25) is 0 Å². The predicted molar refractivity (Wildman–Crippen MR) is 64.8 cm³/mol. The predicted octanol–water partition coefficient (Wildman–Crippen LogP) is 2.24. The van der Waals surface area contributed by atoms with Gasteiger partial charge in [-0.15, -0.1) is 0 Å². The molecule has 2 heteroatoms. The molecule has 0 bridgehead atoms. The number of hydrogen-bond acceptors (Lipinski definition) is 2. The quantitative estimate of drug-likeness (QED) is 0.754. The Hall–Kier alpha value is -0.0800. The molecule has 1 saturated heterocycles. The zero-order chi connectivity index (χ0) is 10.9. The van der Waals surface area contributed by atoms with Gasteiger partial charge in [0, 0.05) is 19.1 Å². The van der Waals surface area contributed by atoms with Crippen LogP contribution in [0, 0.1) is 11.3 Å². The molecule has 15 heavy (non-hydrogen) atoms. The van der Waals surface area contributed by atoms with E-state index in [1.807, 2.05) is 0 Å². The van der Waals surface area contributed by atoms with Gasteiger partial charge in [-0.25, -0.2) is 0 Å². The monoisotopic (exact) mass is 210 g/mol. The highest BCUT2D eigenvalue weighted by Gasteiger charge is 2.41. The van der Waals surface area contributed by atoms with Gasteiger partial charge in [0.1, 0.15) is 0 Å². The number of hydrogen-bond donors (Lipinski definition) is 1. The van der Waals surface area contributed by atoms with Crippen molar-refractivity contribution in [1.29, 1.82) is 0 Å². The van der Waals surface area contributed by atoms with E-state index in [1.54, 1.807) is 0 Å². The summed E-state index contributed by atoms with van der Waals surface area (Å²) in [7, 11) is 0. The molecule has 2 rings (SSSR count). The van der Waals surface area contributed by atoms with Gasteiger partial charge in [-0.2, -0.15) is 0 Å². The van der Waals surface area contributed by atoms with Crippen molar-refractivity contribution in [1.82, 2.24) is 4.90 Å². The third-order valence-electron chi connectivity index (χ3n) is 4.84. The summed E-state index contributed by atoms with van der Waals surface area (Å²) in [6.45, 7) is 8.16. The zero-order valence-electron chi connectivity index (χ0n) is 10.3. The number of likely N-dealkylation sites (tertiary alicyclic amines) is 1. The molecule has 2 fully saturated rings. The third-order valence-corrected chi connectivity index (χ3v) is 4.84. The van der Waals surface area contributed by atoms with Crippen molar-refractivity contribution in [2.24, 2.45) is 17.1 Å². The Kier molecular flexibility index (Phi) is 3.36. The van der Waals surface area contributed by atoms with Crippen LogP contribution in [0.3, 0.4) is 0 Å². The van der Waals surface area contributed by atoms with E-state index in [0.717, 1.165) is 12.5 Å². The minimum atomic E-state index is 0.613. The maximum Gasteiger partial charge on any atom is 0.0246 e. The van der Waals surface area contributed by atoms with Crippen molar-refractivity contribution >= 4 is 0 Å². The Morgan fingerprint density at radius 3 is 2.40 bits per heavy atom. The molecule has 0 radical (unpaired) electrons. The maximum absolute atomic E-state index is 5.92. The van der Waals surface area contributed by atoms with E-state index in [9.17, 15) is 0 Å². The lowest BCUT2D eigenvalue weighted by Gasteiger charge is -2.30. The Balaban J connectivity index is 1.95. The summed E-state index contributed by atoms with van der Waals surface area (Å²) >= 11 is 0. The first-order valence-corrected chi connectivity index (χ1v) is 6.69. The van der Waals surface area contributed by atoms with E-state index in [0.29, 0.717) is 11.5 Å². The molecule has 2 N–H and O–H groups in total. The van der Waals surface area contributed by atoms with Crippen LogP contribution in [0.2, 0.25) is 0 Å². The van der Waals surface area contributed by atoms with Gasteiger partial charge in [0.05, 0.1) is 0 Å². The summed E-state index contributed by atoms with van der Waals surface area (Å²) in [5, 5.41) is 0. The molecule has 0 aromatic rings. The molecule has 2 aliphatic rings. The summed E-state index contributed by atoms with van der Waals surface area (Å²) in [5.74, 6) is 0.930. The van der Waals surface area contributed by atoms with Crippen LogP contribution in [0.25, 0.3) is 0 Å². The molecule has 88 valence electrons. The van der Waals surface area contributed by atoms with E-state index < -0.39 is 0 Å². The number of nitrogens with two attached hydrogens (primary N) is 1. The molecule has 0 spiro atoms. The molecule has 1 aliphatic heterocycles. The normalized spacial score (nSPS) is 28.2. The summed E-state index contributed by atoms with van der Waals surface area (Å²) in [6, 6.07) is 0.699. The van der Waals surface area contributed by atoms with Gasteiger partial charge < -0.3 is 5.73 Å². The number of rotatable bonds is 5. The van der Waals surface area contributed by atoms with E-state index in [1.165, 1.54) is 45.2 Å². The van der Waals surface area contributed by atoms with Gasteiger partial charge in [0.15, 0.2) is 0 Å². The maximum atomic E-state index is 5.92. The molecule has 1 atom stereocenters. The molecule has 0 amide bonds. The standard InChI is InChI=1S/C13H26N2/c1-3-13(4-2)7-8-15(10-13)12(9-14)11-5-6-11/h11-12H,3-10,14H2,1-2H3. The van der Waals surface area contributed by atoms with Crippen LogP contribution in [0.5, 0.6) is 0 Å². The fourth-order valence-corrected chi connectivity index (χ4v) is 3.20. The second-order valence-electron chi connectivity index (χ2n) is 5.57. The van der Waals surface area contributed by atoms with Gasteiger partial charge in [-0.1, -0.05) is 13.8 Å². The van der Waals surface area contributed by atoms with E-state index in [4.69, 9.17) is 5.73 Å². The molecule has 1 aliphatic carbocycles. The first-order chi connectivity index (χ1) is 7.24. The highest BCUT2D eigenvalue weighted by molar-refractivity contribution is 4.96. The first-order valence-electron chi connectivity index (χ1n) is 6.69. The number of nitrogens with zero attached hydrogens (tertiary/aromatic N) is 1. The lowest BCUT2D eigenvalue weighted by atomic mass is 9.82. The second-order valence-corrected chi connectivity index (χ2v) is 5.57. The highest BCUT2D eigenvalue weighted by atomic mass is 15.2. The lowest BCUT2D eigenvalue weighted by molar-refractivity contribution is 0.181. The Bertz CT molecular complexity index is 207. The molecule has 1 unspecified atom stereocenters. The minimum Gasteiger partial charge on any atom is -0.329 e. The molecular formula is C13H26N2. The van der Waals surface area contributed by atoms with Crippen LogP contribution in [0.15, 0.2) is 0 Å². The molecule has 2 nitrogen and oxygen atoms in total. The van der Waals surface area contributed by atoms with Crippen LogP contribution in [0.4, 0.5) is 0 Å². The van der Waals surface area contributed by atoms with Crippen molar-refractivity contribution in [2.45, 2.75) is 52.0 Å². The zero-order valence-corrected chi connectivity index (χ0v) is 10.3. The average Bonchev–Trinajstić information content (AvgIpc) is 3.00. The van der Waals surface area contributed by atoms with Gasteiger partial charge >= 0.3 is 0 Å².